The minimum absolute atomic E-state index is 0.717. The topological polar surface area (TPSA) is 0 Å². The molecule has 0 saturated carbocycles. The van der Waals surface area contributed by atoms with Gasteiger partial charge in [-0.25, -0.2) is 0 Å². The van der Waals surface area contributed by atoms with Crippen molar-refractivity contribution in [3.63, 3.8) is 0 Å². The fraction of sp³-hybridized carbons (Fsp3) is 1.00. The van der Waals surface area contributed by atoms with Crippen LogP contribution in [0.2, 0.25) is 0 Å². The number of hydrogen-bond donors (Lipinski definition) is 0. The zero-order valence-corrected chi connectivity index (χ0v) is 12.7. The van der Waals surface area contributed by atoms with E-state index < -0.39 is 14.5 Å². The normalized spacial score (nSPS) is 29.4. The molecule has 0 aromatic rings. The average Bonchev–Trinajstić information content (AvgIpc) is 2.29. The fourth-order valence-electron chi connectivity index (χ4n) is 3.22. The van der Waals surface area contributed by atoms with Gasteiger partial charge in [-0.3, -0.25) is 0 Å². The van der Waals surface area contributed by atoms with Crippen LogP contribution in [0.1, 0.15) is 27.7 Å². The third kappa shape index (κ3) is 2.51. The van der Waals surface area contributed by atoms with E-state index >= 15 is 0 Å². The molecule has 1 saturated heterocycles. The van der Waals surface area contributed by atoms with Crippen molar-refractivity contribution in [1.29, 1.82) is 0 Å². The Balaban J connectivity index is 2.59. The Bertz CT molecular complexity index is 137. The van der Waals surface area contributed by atoms with Crippen molar-refractivity contribution in [2.24, 2.45) is 0 Å². The van der Waals surface area contributed by atoms with Crippen molar-refractivity contribution in [3.05, 3.63) is 0 Å². The molecule has 1 fully saturated rings. The zero-order chi connectivity index (χ0) is 10.7. The Morgan fingerprint density at radius 1 is 0.571 bits per heavy atom. The predicted octanol–water partition coefficient (Wildman–Crippen LogP) is 3.58. The SMILES string of the molecule is CC[PH]1(CC)CC[PH](CC)(CC)CC1. The molecule has 0 nitrogen and oxygen atoms in total. The van der Waals surface area contributed by atoms with Crippen LogP contribution in [-0.2, 0) is 0 Å². The molecule has 0 aromatic carbocycles. The van der Waals surface area contributed by atoms with E-state index in [1.807, 2.05) is 0 Å². The first-order valence-corrected chi connectivity index (χ1v) is 12.3. The Morgan fingerprint density at radius 3 is 0.929 bits per heavy atom. The second-order valence-electron chi connectivity index (χ2n) is 5.41. The van der Waals surface area contributed by atoms with E-state index in [0.29, 0.717) is 0 Å². The van der Waals surface area contributed by atoms with E-state index in [4.69, 9.17) is 0 Å². The van der Waals surface area contributed by atoms with E-state index in [2.05, 4.69) is 27.7 Å². The average molecular weight is 236 g/mol. The van der Waals surface area contributed by atoms with E-state index in [9.17, 15) is 0 Å². The molecule has 0 aromatic heterocycles. The van der Waals surface area contributed by atoms with Crippen LogP contribution in [0, 0.1) is 0 Å². The maximum absolute atomic E-state index is 2.46. The quantitative estimate of drug-likeness (QED) is 0.654. The van der Waals surface area contributed by atoms with Crippen LogP contribution >= 0.6 is 14.5 Å². The second kappa shape index (κ2) is 5.27. The van der Waals surface area contributed by atoms with Crippen LogP contribution in [0.25, 0.3) is 0 Å². The summed E-state index contributed by atoms with van der Waals surface area (Å²) in [4.78, 5) is 0. The molecule has 1 aliphatic heterocycles. The molecule has 0 spiro atoms. The number of rotatable bonds is 4. The summed E-state index contributed by atoms with van der Waals surface area (Å²) in [6.07, 6.45) is 13.0. The molecule has 0 bridgehead atoms. The molecule has 0 atom stereocenters. The van der Waals surface area contributed by atoms with Crippen LogP contribution in [0.3, 0.4) is 0 Å². The third-order valence-corrected chi connectivity index (χ3v) is 17.6. The van der Waals surface area contributed by atoms with Gasteiger partial charge in [0.15, 0.2) is 0 Å². The molecule has 0 unspecified atom stereocenters. The van der Waals surface area contributed by atoms with E-state index in [1.165, 1.54) is 0 Å². The van der Waals surface area contributed by atoms with Gasteiger partial charge in [-0.2, -0.15) is 0 Å². The molecule has 1 rings (SSSR count). The summed E-state index contributed by atoms with van der Waals surface area (Å²) in [6, 6.07) is 0. The van der Waals surface area contributed by atoms with E-state index in [0.717, 1.165) is 0 Å². The molecular weight excluding hydrogens is 206 g/mol. The molecule has 0 N–H and O–H groups in total. The monoisotopic (exact) mass is 236 g/mol. The van der Waals surface area contributed by atoms with Crippen molar-refractivity contribution in [1.82, 2.24) is 0 Å². The predicted molar refractivity (Wildman–Crippen MR) is 78.3 cm³/mol. The molecule has 1 aliphatic rings. The summed E-state index contributed by atoms with van der Waals surface area (Å²) in [7, 11) is -1.43. The molecule has 0 aliphatic carbocycles. The molecular formula is C12H30P2. The van der Waals surface area contributed by atoms with Crippen molar-refractivity contribution in [2.45, 2.75) is 27.7 Å². The fourth-order valence-corrected chi connectivity index (χ4v) is 16.0. The van der Waals surface area contributed by atoms with Crippen molar-refractivity contribution >= 4 is 14.5 Å². The van der Waals surface area contributed by atoms with E-state index in [-0.39, 0.29) is 0 Å². The standard InChI is InChI=1S/C12H30P2/c1-5-13(6-2)9-11-14(7-3,8-4)12-10-13/h13-14H,5-12H2,1-4H3. The Hall–Kier alpha value is 0.860. The molecule has 2 heteroatoms. The van der Waals surface area contributed by atoms with E-state index in [1.54, 1.807) is 49.3 Å². The Labute approximate surface area is 91.9 Å². The van der Waals surface area contributed by atoms with Crippen molar-refractivity contribution < 1.29 is 0 Å². The minimum atomic E-state index is -0.717. The first kappa shape index (κ1) is 12.9. The van der Waals surface area contributed by atoms with Crippen molar-refractivity contribution in [2.75, 3.05) is 49.3 Å². The van der Waals surface area contributed by atoms with Gasteiger partial charge in [0.2, 0.25) is 0 Å². The summed E-state index contributed by atoms with van der Waals surface area (Å²) >= 11 is 0. The summed E-state index contributed by atoms with van der Waals surface area (Å²) in [5, 5.41) is 0. The molecule has 0 amide bonds. The van der Waals surface area contributed by atoms with Gasteiger partial charge in [-0.15, -0.1) is 0 Å². The van der Waals surface area contributed by atoms with Gasteiger partial charge >= 0.3 is 91.5 Å². The van der Waals surface area contributed by atoms with Crippen molar-refractivity contribution in [3.8, 4) is 0 Å². The van der Waals surface area contributed by atoms with Gasteiger partial charge < -0.3 is 0 Å². The van der Waals surface area contributed by atoms with Crippen LogP contribution in [-0.4, -0.2) is 49.3 Å². The summed E-state index contributed by atoms with van der Waals surface area (Å²) in [5.41, 5.74) is 0. The summed E-state index contributed by atoms with van der Waals surface area (Å²) in [5.74, 6) is 0. The summed E-state index contributed by atoms with van der Waals surface area (Å²) in [6.45, 7) is 9.84. The molecule has 1 heterocycles. The Morgan fingerprint density at radius 2 is 0.786 bits per heavy atom. The van der Waals surface area contributed by atoms with Crippen LogP contribution in [0.5, 0.6) is 0 Å². The van der Waals surface area contributed by atoms with Crippen LogP contribution in [0.15, 0.2) is 0 Å². The summed E-state index contributed by atoms with van der Waals surface area (Å²) < 4.78 is 0. The molecule has 14 heavy (non-hydrogen) atoms. The maximum atomic E-state index is 2.46. The van der Waals surface area contributed by atoms with Gasteiger partial charge in [0.25, 0.3) is 0 Å². The first-order valence-electron chi connectivity index (χ1n) is 6.66. The zero-order valence-electron chi connectivity index (χ0n) is 10.7. The van der Waals surface area contributed by atoms with Crippen LogP contribution in [0.4, 0.5) is 0 Å². The second-order valence-corrected chi connectivity index (χ2v) is 16.2. The van der Waals surface area contributed by atoms with Crippen LogP contribution < -0.4 is 0 Å². The van der Waals surface area contributed by atoms with Gasteiger partial charge in [0.1, 0.15) is 0 Å². The van der Waals surface area contributed by atoms with Gasteiger partial charge in [0.05, 0.1) is 0 Å². The molecule has 0 radical (unpaired) electrons. The third-order valence-electron chi connectivity index (χ3n) is 5.37. The van der Waals surface area contributed by atoms with Gasteiger partial charge in [-0.05, 0) is 0 Å². The van der Waals surface area contributed by atoms with Gasteiger partial charge in [-0.1, -0.05) is 0 Å². The van der Waals surface area contributed by atoms with Gasteiger partial charge in [0, 0.05) is 0 Å². The Kier molecular flexibility index (Phi) is 4.86. The first-order chi connectivity index (χ1) is 6.66. The number of hydrogen-bond acceptors (Lipinski definition) is 0. The molecule has 88 valence electrons.